The molecule has 1 aromatic rings. The zero-order chi connectivity index (χ0) is 12.7. The summed E-state index contributed by atoms with van der Waals surface area (Å²) in [7, 11) is 0. The van der Waals surface area contributed by atoms with Crippen molar-refractivity contribution in [2.24, 2.45) is 0 Å². The largest absolute Gasteiger partial charge is 0.462 e. The standard InChI is InChI=1S/C12H13N3O2/c1-3-17-12(16)10(7-13)8-15-11-9(2)5-4-6-14-11/h4-6,8H,3H2,1-2H3,(H,14,15). The number of carbonyl (C=O) groups excluding carboxylic acids is 1. The van der Waals surface area contributed by atoms with E-state index in [0.29, 0.717) is 5.82 Å². The molecule has 0 aliphatic carbocycles. The SMILES string of the molecule is CCOC(=O)C(C#N)=CNc1ncccc1C. The number of rotatable bonds is 4. The quantitative estimate of drug-likeness (QED) is 0.485. The maximum atomic E-state index is 11.3. The minimum absolute atomic E-state index is 0.0862. The average Bonchev–Trinajstić information content (AvgIpc) is 2.32. The molecule has 0 aromatic carbocycles. The fraction of sp³-hybridized carbons (Fsp3) is 0.250. The van der Waals surface area contributed by atoms with Gasteiger partial charge in [-0.2, -0.15) is 5.26 Å². The van der Waals surface area contributed by atoms with E-state index in [2.05, 4.69) is 10.3 Å². The zero-order valence-electron chi connectivity index (χ0n) is 9.73. The van der Waals surface area contributed by atoms with E-state index in [1.54, 1.807) is 25.3 Å². The van der Waals surface area contributed by atoms with Crippen molar-refractivity contribution in [3.8, 4) is 6.07 Å². The molecule has 1 heterocycles. The van der Waals surface area contributed by atoms with Crippen molar-refractivity contribution < 1.29 is 9.53 Å². The lowest BCUT2D eigenvalue weighted by Gasteiger charge is -2.04. The van der Waals surface area contributed by atoms with Crippen molar-refractivity contribution in [2.75, 3.05) is 11.9 Å². The van der Waals surface area contributed by atoms with Crippen molar-refractivity contribution in [1.29, 1.82) is 5.26 Å². The molecule has 0 fully saturated rings. The number of esters is 1. The van der Waals surface area contributed by atoms with Crippen LogP contribution in [0.4, 0.5) is 5.82 Å². The monoisotopic (exact) mass is 231 g/mol. The molecule has 0 saturated carbocycles. The first-order valence-corrected chi connectivity index (χ1v) is 5.14. The van der Waals surface area contributed by atoms with Gasteiger partial charge in [0.2, 0.25) is 0 Å². The van der Waals surface area contributed by atoms with Gasteiger partial charge in [0.15, 0.2) is 5.57 Å². The Morgan fingerprint density at radius 1 is 1.71 bits per heavy atom. The number of hydrogen-bond acceptors (Lipinski definition) is 5. The van der Waals surface area contributed by atoms with Crippen LogP contribution < -0.4 is 5.32 Å². The smallest absolute Gasteiger partial charge is 0.350 e. The first-order chi connectivity index (χ1) is 8.19. The molecule has 1 aromatic heterocycles. The van der Waals surface area contributed by atoms with Crippen LogP contribution in [-0.4, -0.2) is 17.6 Å². The number of aromatic nitrogens is 1. The van der Waals surface area contributed by atoms with Crippen LogP contribution in [0.3, 0.4) is 0 Å². The molecule has 0 aliphatic heterocycles. The van der Waals surface area contributed by atoms with Crippen molar-refractivity contribution in [2.45, 2.75) is 13.8 Å². The fourth-order valence-corrected chi connectivity index (χ4v) is 1.12. The first kappa shape index (κ1) is 12.7. The number of aryl methyl sites for hydroxylation is 1. The van der Waals surface area contributed by atoms with Gasteiger partial charge in [0.05, 0.1) is 6.61 Å². The number of nitrogens with zero attached hydrogens (tertiary/aromatic N) is 2. The molecule has 5 nitrogen and oxygen atoms in total. The second-order valence-corrected chi connectivity index (χ2v) is 3.20. The zero-order valence-corrected chi connectivity index (χ0v) is 9.73. The second kappa shape index (κ2) is 6.28. The molecule has 88 valence electrons. The van der Waals surface area contributed by atoms with E-state index >= 15 is 0 Å². The molecule has 0 radical (unpaired) electrons. The van der Waals surface area contributed by atoms with Gasteiger partial charge < -0.3 is 10.1 Å². The minimum Gasteiger partial charge on any atom is -0.462 e. The predicted molar refractivity (Wildman–Crippen MR) is 62.9 cm³/mol. The molecule has 1 N–H and O–H groups in total. The molecule has 1 rings (SSSR count). The molecule has 0 saturated heterocycles. The van der Waals surface area contributed by atoms with Crippen LogP contribution in [0, 0.1) is 18.3 Å². The summed E-state index contributed by atoms with van der Waals surface area (Å²) in [4.78, 5) is 15.4. The number of carbonyl (C=O) groups is 1. The Morgan fingerprint density at radius 3 is 3.06 bits per heavy atom. The summed E-state index contributed by atoms with van der Waals surface area (Å²) >= 11 is 0. The minimum atomic E-state index is -0.643. The van der Waals surface area contributed by atoms with Gasteiger partial charge in [0.25, 0.3) is 0 Å². The molecule has 0 atom stereocenters. The Morgan fingerprint density at radius 2 is 2.47 bits per heavy atom. The van der Waals surface area contributed by atoms with Gasteiger partial charge in [-0.3, -0.25) is 0 Å². The van der Waals surface area contributed by atoms with Crippen molar-refractivity contribution >= 4 is 11.8 Å². The summed E-state index contributed by atoms with van der Waals surface area (Å²) in [5, 5.41) is 11.6. The number of nitriles is 1. The molecule has 0 unspecified atom stereocenters. The third-order valence-electron chi connectivity index (χ3n) is 1.98. The third kappa shape index (κ3) is 3.61. The molecular weight excluding hydrogens is 218 g/mol. The second-order valence-electron chi connectivity index (χ2n) is 3.20. The molecule has 0 aliphatic rings. The lowest BCUT2D eigenvalue weighted by atomic mass is 10.3. The summed E-state index contributed by atoms with van der Waals surface area (Å²) in [6.45, 7) is 3.79. The Kier molecular flexibility index (Phi) is 4.70. The molecule has 17 heavy (non-hydrogen) atoms. The summed E-state index contributed by atoms with van der Waals surface area (Å²) in [6.07, 6.45) is 2.92. The van der Waals surface area contributed by atoms with Gasteiger partial charge in [-0.05, 0) is 25.5 Å². The highest BCUT2D eigenvalue weighted by atomic mass is 16.5. The van der Waals surface area contributed by atoms with Crippen LogP contribution in [-0.2, 0) is 9.53 Å². The van der Waals surface area contributed by atoms with Crippen molar-refractivity contribution in [3.05, 3.63) is 35.7 Å². The Bertz CT molecular complexity index is 475. The molecule has 0 spiro atoms. The van der Waals surface area contributed by atoms with Crippen molar-refractivity contribution in [1.82, 2.24) is 4.98 Å². The number of ether oxygens (including phenoxy) is 1. The third-order valence-corrected chi connectivity index (χ3v) is 1.98. The average molecular weight is 231 g/mol. The maximum absolute atomic E-state index is 11.3. The van der Waals surface area contributed by atoms with Crippen LogP contribution in [0.15, 0.2) is 30.1 Å². The van der Waals surface area contributed by atoms with E-state index < -0.39 is 5.97 Å². The van der Waals surface area contributed by atoms with Gasteiger partial charge in [0.1, 0.15) is 11.9 Å². The normalized spacial score (nSPS) is 10.5. The van der Waals surface area contributed by atoms with Crippen LogP contribution in [0.1, 0.15) is 12.5 Å². The summed E-state index contributed by atoms with van der Waals surface area (Å²) in [5.41, 5.74) is 0.835. The highest BCUT2D eigenvalue weighted by Crippen LogP contribution is 2.09. The first-order valence-electron chi connectivity index (χ1n) is 5.14. The number of nitrogens with one attached hydrogen (secondary N) is 1. The number of pyridine rings is 1. The molecule has 0 bridgehead atoms. The van der Waals surface area contributed by atoms with Gasteiger partial charge in [0, 0.05) is 12.4 Å². The molecule has 0 amide bonds. The van der Waals surface area contributed by atoms with Gasteiger partial charge in [-0.25, -0.2) is 9.78 Å². The van der Waals surface area contributed by atoms with E-state index in [1.165, 1.54) is 6.20 Å². The summed E-state index contributed by atoms with van der Waals surface area (Å²) in [6, 6.07) is 5.45. The van der Waals surface area contributed by atoms with Gasteiger partial charge in [-0.15, -0.1) is 0 Å². The Balaban J connectivity index is 2.79. The van der Waals surface area contributed by atoms with E-state index in [-0.39, 0.29) is 12.2 Å². The van der Waals surface area contributed by atoms with E-state index in [1.807, 2.05) is 13.0 Å². The maximum Gasteiger partial charge on any atom is 0.350 e. The number of anilines is 1. The molecular formula is C12H13N3O2. The Hall–Kier alpha value is -2.35. The fourth-order valence-electron chi connectivity index (χ4n) is 1.12. The topological polar surface area (TPSA) is 75.0 Å². The van der Waals surface area contributed by atoms with Crippen LogP contribution in [0.5, 0.6) is 0 Å². The van der Waals surface area contributed by atoms with E-state index in [0.717, 1.165) is 5.56 Å². The van der Waals surface area contributed by atoms with Crippen LogP contribution in [0.25, 0.3) is 0 Å². The van der Waals surface area contributed by atoms with E-state index in [4.69, 9.17) is 10.00 Å². The lowest BCUT2D eigenvalue weighted by Crippen LogP contribution is -2.08. The van der Waals surface area contributed by atoms with Gasteiger partial charge >= 0.3 is 5.97 Å². The van der Waals surface area contributed by atoms with Crippen LogP contribution in [0.2, 0.25) is 0 Å². The highest BCUT2D eigenvalue weighted by molar-refractivity contribution is 5.93. The summed E-state index contributed by atoms with van der Waals surface area (Å²) < 4.78 is 4.72. The number of hydrogen-bond donors (Lipinski definition) is 1. The lowest BCUT2D eigenvalue weighted by molar-refractivity contribution is -0.138. The van der Waals surface area contributed by atoms with Crippen LogP contribution >= 0.6 is 0 Å². The highest BCUT2D eigenvalue weighted by Gasteiger charge is 2.09. The van der Waals surface area contributed by atoms with Crippen molar-refractivity contribution in [3.63, 3.8) is 0 Å². The molecule has 5 heteroatoms. The van der Waals surface area contributed by atoms with Gasteiger partial charge in [-0.1, -0.05) is 6.07 Å². The van der Waals surface area contributed by atoms with E-state index in [9.17, 15) is 4.79 Å². The summed E-state index contributed by atoms with van der Waals surface area (Å²) in [5.74, 6) is -0.0411. The Labute approximate surface area is 99.7 Å². The predicted octanol–water partition coefficient (Wildman–Crippen LogP) is 1.77.